The largest absolute Gasteiger partial charge is 0.489 e. The lowest BCUT2D eigenvalue weighted by molar-refractivity contribution is 0.243. The number of ether oxygens (including phenoxy) is 1. The molecular formula is C16H16Cl3NO. The molecule has 2 rings (SSSR count). The zero-order valence-electron chi connectivity index (χ0n) is 11.8. The Kier molecular flexibility index (Phi) is 5.63. The Bertz CT molecular complexity index is 629. The lowest BCUT2D eigenvalue weighted by Gasteiger charge is -2.16. The molecule has 0 saturated heterocycles. The van der Waals surface area contributed by atoms with E-state index in [2.05, 4.69) is 5.32 Å². The fraction of sp³-hybridized carbons (Fsp3) is 0.250. The standard InChI is InChI=1S/C16H16Cl3NO/c1-10(2)21-15-6-4-3-5-14(15)20-9-11-12(17)7-8-13(18)16(11)19/h3-8,10,20H,9H2,1-2H3. The van der Waals surface area contributed by atoms with Crippen LogP contribution in [-0.2, 0) is 6.54 Å². The van der Waals surface area contributed by atoms with Crippen LogP contribution in [-0.4, -0.2) is 6.10 Å². The van der Waals surface area contributed by atoms with Crippen molar-refractivity contribution in [3.05, 3.63) is 57.0 Å². The third kappa shape index (κ3) is 4.19. The summed E-state index contributed by atoms with van der Waals surface area (Å²) >= 11 is 18.4. The first-order chi connectivity index (χ1) is 9.99. The van der Waals surface area contributed by atoms with Gasteiger partial charge in [0.15, 0.2) is 0 Å². The average Bonchev–Trinajstić information content (AvgIpc) is 2.44. The highest BCUT2D eigenvalue weighted by Gasteiger charge is 2.11. The number of nitrogens with one attached hydrogen (secondary N) is 1. The molecular weight excluding hydrogens is 329 g/mol. The van der Waals surface area contributed by atoms with Gasteiger partial charge in [-0.15, -0.1) is 0 Å². The lowest BCUT2D eigenvalue weighted by atomic mass is 10.2. The quantitative estimate of drug-likeness (QED) is 0.667. The van der Waals surface area contributed by atoms with Crippen LogP contribution in [0.15, 0.2) is 36.4 Å². The molecule has 0 unspecified atom stereocenters. The van der Waals surface area contributed by atoms with Gasteiger partial charge in [-0.2, -0.15) is 0 Å². The first kappa shape index (κ1) is 16.3. The summed E-state index contributed by atoms with van der Waals surface area (Å²) in [5.74, 6) is 0.793. The molecule has 1 N–H and O–H groups in total. The van der Waals surface area contributed by atoms with E-state index >= 15 is 0 Å². The number of halogens is 3. The van der Waals surface area contributed by atoms with E-state index in [0.29, 0.717) is 21.6 Å². The van der Waals surface area contributed by atoms with Crippen LogP contribution in [0.1, 0.15) is 19.4 Å². The van der Waals surface area contributed by atoms with Crippen molar-refractivity contribution in [1.82, 2.24) is 0 Å². The molecule has 2 nitrogen and oxygen atoms in total. The second-order valence-electron chi connectivity index (χ2n) is 4.84. The number of hydrogen-bond donors (Lipinski definition) is 1. The van der Waals surface area contributed by atoms with E-state index in [1.807, 2.05) is 38.1 Å². The van der Waals surface area contributed by atoms with E-state index in [1.165, 1.54) is 0 Å². The first-order valence-electron chi connectivity index (χ1n) is 6.61. The SMILES string of the molecule is CC(C)Oc1ccccc1NCc1c(Cl)ccc(Cl)c1Cl. The van der Waals surface area contributed by atoms with Crippen LogP contribution in [0.4, 0.5) is 5.69 Å². The summed E-state index contributed by atoms with van der Waals surface area (Å²) < 4.78 is 5.76. The number of para-hydroxylation sites is 2. The van der Waals surface area contributed by atoms with Crippen molar-refractivity contribution >= 4 is 40.5 Å². The van der Waals surface area contributed by atoms with Crippen LogP contribution in [0.25, 0.3) is 0 Å². The summed E-state index contributed by atoms with van der Waals surface area (Å²) in [4.78, 5) is 0. The van der Waals surface area contributed by atoms with Gasteiger partial charge in [-0.05, 0) is 38.1 Å². The highest BCUT2D eigenvalue weighted by atomic mass is 35.5. The van der Waals surface area contributed by atoms with Crippen molar-refractivity contribution in [1.29, 1.82) is 0 Å². The van der Waals surface area contributed by atoms with Crippen molar-refractivity contribution < 1.29 is 4.74 Å². The third-order valence-electron chi connectivity index (χ3n) is 2.84. The Labute approximate surface area is 140 Å². The molecule has 0 amide bonds. The summed E-state index contributed by atoms with van der Waals surface area (Å²) in [6, 6.07) is 11.2. The minimum Gasteiger partial charge on any atom is -0.489 e. The summed E-state index contributed by atoms with van der Waals surface area (Å²) in [5.41, 5.74) is 1.66. The van der Waals surface area contributed by atoms with E-state index in [4.69, 9.17) is 39.5 Å². The maximum Gasteiger partial charge on any atom is 0.142 e. The van der Waals surface area contributed by atoms with E-state index in [1.54, 1.807) is 12.1 Å². The van der Waals surface area contributed by atoms with Gasteiger partial charge in [0.05, 0.1) is 21.8 Å². The smallest absolute Gasteiger partial charge is 0.142 e. The van der Waals surface area contributed by atoms with Crippen LogP contribution >= 0.6 is 34.8 Å². The minimum absolute atomic E-state index is 0.103. The number of hydrogen-bond acceptors (Lipinski definition) is 2. The van der Waals surface area contributed by atoms with Gasteiger partial charge in [0.1, 0.15) is 5.75 Å². The maximum atomic E-state index is 6.20. The van der Waals surface area contributed by atoms with Gasteiger partial charge in [0.2, 0.25) is 0 Å². The predicted octanol–water partition coefficient (Wildman–Crippen LogP) is 6.05. The van der Waals surface area contributed by atoms with Gasteiger partial charge in [-0.3, -0.25) is 0 Å². The molecule has 0 saturated carbocycles. The molecule has 0 radical (unpaired) electrons. The van der Waals surface area contributed by atoms with Gasteiger partial charge < -0.3 is 10.1 Å². The molecule has 0 aliphatic rings. The molecule has 0 aliphatic heterocycles. The third-order valence-corrected chi connectivity index (χ3v) is 4.04. The zero-order valence-corrected chi connectivity index (χ0v) is 14.1. The van der Waals surface area contributed by atoms with Crippen LogP contribution in [0, 0.1) is 0 Å². The topological polar surface area (TPSA) is 21.3 Å². The van der Waals surface area contributed by atoms with Gasteiger partial charge in [-0.25, -0.2) is 0 Å². The highest BCUT2D eigenvalue weighted by Crippen LogP contribution is 2.33. The Hall–Kier alpha value is -1.09. The number of anilines is 1. The molecule has 2 aromatic rings. The second kappa shape index (κ2) is 7.26. The van der Waals surface area contributed by atoms with Crippen molar-refractivity contribution in [2.24, 2.45) is 0 Å². The Morgan fingerprint density at radius 1 is 1.00 bits per heavy atom. The minimum atomic E-state index is 0.103. The predicted molar refractivity (Wildman–Crippen MR) is 91.0 cm³/mol. The average molecular weight is 345 g/mol. The summed E-state index contributed by atoms with van der Waals surface area (Å²) in [6.45, 7) is 4.44. The highest BCUT2D eigenvalue weighted by molar-refractivity contribution is 6.44. The Morgan fingerprint density at radius 2 is 1.67 bits per heavy atom. The monoisotopic (exact) mass is 343 g/mol. The van der Waals surface area contributed by atoms with Crippen molar-refractivity contribution in [3.8, 4) is 5.75 Å². The van der Waals surface area contributed by atoms with E-state index in [-0.39, 0.29) is 6.10 Å². The van der Waals surface area contributed by atoms with Gasteiger partial charge >= 0.3 is 0 Å². The van der Waals surface area contributed by atoms with Crippen LogP contribution in [0.2, 0.25) is 15.1 Å². The summed E-state index contributed by atoms with van der Waals surface area (Å²) in [7, 11) is 0. The van der Waals surface area contributed by atoms with Crippen molar-refractivity contribution in [3.63, 3.8) is 0 Å². The van der Waals surface area contributed by atoms with Crippen molar-refractivity contribution in [2.45, 2.75) is 26.5 Å². The van der Waals surface area contributed by atoms with Gasteiger partial charge in [0.25, 0.3) is 0 Å². The molecule has 5 heteroatoms. The molecule has 0 fully saturated rings. The van der Waals surface area contributed by atoms with Crippen LogP contribution in [0.5, 0.6) is 5.75 Å². The lowest BCUT2D eigenvalue weighted by Crippen LogP contribution is -2.09. The molecule has 0 spiro atoms. The summed E-state index contributed by atoms with van der Waals surface area (Å²) in [5, 5.41) is 4.84. The van der Waals surface area contributed by atoms with E-state index in [9.17, 15) is 0 Å². The molecule has 0 heterocycles. The molecule has 0 atom stereocenters. The van der Waals surface area contributed by atoms with E-state index in [0.717, 1.165) is 17.0 Å². The molecule has 21 heavy (non-hydrogen) atoms. The van der Waals surface area contributed by atoms with Crippen LogP contribution < -0.4 is 10.1 Å². The fourth-order valence-electron chi connectivity index (χ4n) is 1.88. The van der Waals surface area contributed by atoms with Gasteiger partial charge in [-0.1, -0.05) is 46.9 Å². The Morgan fingerprint density at radius 3 is 2.38 bits per heavy atom. The van der Waals surface area contributed by atoms with E-state index < -0.39 is 0 Å². The summed E-state index contributed by atoms with van der Waals surface area (Å²) in [6.07, 6.45) is 0.103. The van der Waals surface area contributed by atoms with Crippen molar-refractivity contribution in [2.75, 3.05) is 5.32 Å². The molecule has 0 aromatic heterocycles. The molecule has 2 aromatic carbocycles. The first-order valence-corrected chi connectivity index (χ1v) is 7.74. The number of benzene rings is 2. The Balaban J connectivity index is 2.19. The molecule has 0 aliphatic carbocycles. The normalized spacial score (nSPS) is 10.8. The molecule has 112 valence electrons. The van der Waals surface area contributed by atoms with Gasteiger partial charge in [0, 0.05) is 17.1 Å². The fourth-order valence-corrected chi connectivity index (χ4v) is 2.57. The number of rotatable bonds is 5. The second-order valence-corrected chi connectivity index (χ2v) is 6.03. The zero-order chi connectivity index (χ0) is 15.4. The molecule has 0 bridgehead atoms. The maximum absolute atomic E-state index is 6.20. The van der Waals surface area contributed by atoms with Crippen LogP contribution in [0.3, 0.4) is 0 Å².